The maximum Gasteiger partial charge on any atom is 0.246 e. The molecule has 1 aliphatic heterocycles. The van der Waals surface area contributed by atoms with Gasteiger partial charge in [-0.25, -0.2) is 4.98 Å². The smallest absolute Gasteiger partial charge is 0.246 e. The summed E-state index contributed by atoms with van der Waals surface area (Å²) in [6.07, 6.45) is 1.88. The van der Waals surface area contributed by atoms with Crippen LogP contribution in [-0.4, -0.2) is 63.7 Å². The number of benzene rings is 1. The minimum Gasteiger partial charge on any atom is -0.391 e. The molecule has 0 bridgehead atoms. The lowest BCUT2D eigenvalue weighted by molar-refractivity contribution is -0.144. The molecule has 3 N–H and O–H groups in total. The highest BCUT2D eigenvalue weighted by Gasteiger charge is 2.44. The molecule has 3 rings (SSSR count). The van der Waals surface area contributed by atoms with Crippen LogP contribution in [0.4, 0.5) is 0 Å². The van der Waals surface area contributed by atoms with Crippen LogP contribution in [0.5, 0.6) is 0 Å². The number of rotatable bonds is 11. The molecule has 4 atom stereocenters. The summed E-state index contributed by atoms with van der Waals surface area (Å²) < 4.78 is 0. The van der Waals surface area contributed by atoms with E-state index in [9.17, 15) is 24.3 Å². The third kappa shape index (κ3) is 7.95. The van der Waals surface area contributed by atoms with Crippen LogP contribution in [0.3, 0.4) is 0 Å². The van der Waals surface area contributed by atoms with Crippen molar-refractivity contribution < 1.29 is 24.3 Å². The molecule has 1 aromatic heterocycles. The molecule has 0 unspecified atom stereocenters. The van der Waals surface area contributed by atoms with Gasteiger partial charge in [0.05, 0.1) is 28.2 Å². The molecule has 3 amide bonds. The van der Waals surface area contributed by atoms with Gasteiger partial charge in [0.25, 0.3) is 0 Å². The molecule has 39 heavy (non-hydrogen) atoms. The number of carbonyl (C=O) groups excluding carboxylic acids is 4. The first-order chi connectivity index (χ1) is 18.4. The SMILES string of the molecule is Cc1ncsc1-c1ccc([C@H](C)NC(=O)[C@@H]2C[C@@H](O)CN2C(=O)[C@@H](NC(=O)CCCCC=O)C(C)(C)C)cc1. The second-order valence-electron chi connectivity index (χ2n) is 11.3. The summed E-state index contributed by atoms with van der Waals surface area (Å²) in [5.41, 5.74) is 4.15. The van der Waals surface area contributed by atoms with Gasteiger partial charge in [0.1, 0.15) is 18.4 Å². The van der Waals surface area contributed by atoms with E-state index in [2.05, 4.69) is 15.6 Å². The zero-order valence-corrected chi connectivity index (χ0v) is 24.2. The second-order valence-corrected chi connectivity index (χ2v) is 12.1. The highest BCUT2D eigenvalue weighted by atomic mass is 32.1. The first-order valence-electron chi connectivity index (χ1n) is 13.4. The molecule has 1 aromatic carbocycles. The summed E-state index contributed by atoms with van der Waals surface area (Å²) in [7, 11) is 0. The highest BCUT2D eigenvalue weighted by Crippen LogP contribution is 2.29. The number of β-amino-alcohol motifs (C(OH)–C–C–N with tert-alkyl or cyclic N) is 1. The number of carbonyl (C=O) groups is 4. The van der Waals surface area contributed by atoms with Gasteiger partial charge in [-0.15, -0.1) is 11.3 Å². The molecule has 2 heterocycles. The lowest BCUT2D eigenvalue weighted by Crippen LogP contribution is -2.57. The topological polar surface area (TPSA) is 129 Å². The number of unbranched alkanes of at least 4 members (excludes halogenated alkanes) is 2. The molecule has 0 radical (unpaired) electrons. The van der Waals surface area contributed by atoms with E-state index in [-0.39, 0.29) is 37.2 Å². The zero-order valence-electron chi connectivity index (χ0n) is 23.4. The molecule has 9 nitrogen and oxygen atoms in total. The van der Waals surface area contributed by atoms with Crippen LogP contribution in [-0.2, 0) is 19.2 Å². The van der Waals surface area contributed by atoms with E-state index in [0.717, 1.165) is 28.0 Å². The van der Waals surface area contributed by atoms with Crippen LogP contribution in [0.1, 0.15) is 77.1 Å². The van der Waals surface area contributed by atoms with Crippen LogP contribution in [0.2, 0.25) is 0 Å². The van der Waals surface area contributed by atoms with Gasteiger partial charge in [-0.05, 0) is 43.2 Å². The number of thiazole rings is 1. The van der Waals surface area contributed by atoms with E-state index in [4.69, 9.17) is 0 Å². The van der Waals surface area contributed by atoms with E-state index in [1.165, 1.54) is 4.90 Å². The van der Waals surface area contributed by atoms with Crippen molar-refractivity contribution in [2.24, 2.45) is 5.41 Å². The fourth-order valence-corrected chi connectivity index (χ4v) is 5.57. The summed E-state index contributed by atoms with van der Waals surface area (Å²) >= 11 is 1.58. The highest BCUT2D eigenvalue weighted by molar-refractivity contribution is 7.13. The monoisotopic (exact) mass is 556 g/mol. The summed E-state index contributed by atoms with van der Waals surface area (Å²) in [5, 5.41) is 16.2. The predicted molar refractivity (Wildman–Crippen MR) is 151 cm³/mol. The van der Waals surface area contributed by atoms with Crippen molar-refractivity contribution in [2.45, 2.75) is 91.0 Å². The van der Waals surface area contributed by atoms with Crippen LogP contribution >= 0.6 is 11.3 Å². The molecule has 212 valence electrons. The van der Waals surface area contributed by atoms with Crippen molar-refractivity contribution in [1.29, 1.82) is 0 Å². The Labute approximate surface area is 234 Å². The van der Waals surface area contributed by atoms with Crippen molar-refractivity contribution in [3.8, 4) is 10.4 Å². The first kappa shape index (κ1) is 30.4. The second kappa shape index (κ2) is 13.3. The lowest BCUT2D eigenvalue weighted by atomic mass is 9.85. The Balaban J connectivity index is 1.68. The van der Waals surface area contributed by atoms with Gasteiger partial charge in [0.15, 0.2) is 0 Å². The van der Waals surface area contributed by atoms with E-state index in [1.54, 1.807) is 11.3 Å². The molecule has 0 aliphatic carbocycles. The molecular formula is C29H40N4O5S. The molecule has 2 aromatic rings. The molecule has 0 spiro atoms. The Hall–Kier alpha value is -3.11. The number of likely N-dealkylation sites (tertiary alicyclic amines) is 1. The average molecular weight is 557 g/mol. The third-order valence-electron chi connectivity index (χ3n) is 7.04. The van der Waals surface area contributed by atoms with Crippen molar-refractivity contribution in [2.75, 3.05) is 6.54 Å². The van der Waals surface area contributed by atoms with E-state index >= 15 is 0 Å². The fourth-order valence-electron chi connectivity index (χ4n) is 4.76. The maximum atomic E-state index is 13.7. The quantitative estimate of drug-likeness (QED) is 0.287. The molecule has 10 heteroatoms. The number of aliphatic hydroxyl groups is 1. The Morgan fingerprint density at radius 2 is 1.87 bits per heavy atom. The number of amides is 3. The molecular weight excluding hydrogens is 516 g/mol. The number of hydrogen-bond acceptors (Lipinski definition) is 7. The molecule has 1 aliphatic rings. The first-order valence-corrected chi connectivity index (χ1v) is 14.3. The summed E-state index contributed by atoms with van der Waals surface area (Å²) in [4.78, 5) is 56.9. The largest absolute Gasteiger partial charge is 0.391 e. The Kier molecular flexibility index (Phi) is 10.4. The van der Waals surface area contributed by atoms with Gasteiger partial charge in [-0.3, -0.25) is 14.4 Å². The minimum atomic E-state index is -0.864. The Morgan fingerprint density at radius 3 is 2.46 bits per heavy atom. The number of aromatic nitrogens is 1. The van der Waals surface area contributed by atoms with Gasteiger partial charge < -0.3 is 25.4 Å². The van der Waals surface area contributed by atoms with E-state index < -0.39 is 29.5 Å². The maximum absolute atomic E-state index is 13.7. The zero-order chi connectivity index (χ0) is 28.7. The van der Waals surface area contributed by atoms with Gasteiger partial charge >= 0.3 is 0 Å². The number of hydrogen-bond donors (Lipinski definition) is 3. The van der Waals surface area contributed by atoms with Crippen molar-refractivity contribution >= 4 is 35.3 Å². The van der Waals surface area contributed by atoms with Crippen LogP contribution < -0.4 is 10.6 Å². The number of aldehydes is 1. The normalized spacial score (nSPS) is 18.9. The predicted octanol–water partition coefficient (Wildman–Crippen LogP) is 3.55. The third-order valence-corrected chi connectivity index (χ3v) is 8.01. The molecule has 0 saturated carbocycles. The lowest BCUT2D eigenvalue weighted by Gasteiger charge is -2.35. The minimum absolute atomic E-state index is 0.0238. The standard InChI is InChI=1S/C29H40N4O5S/c1-18(20-10-12-21(13-11-20)25-19(2)30-17-39-25)31-27(37)23-15-22(35)16-33(23)28(38)26(29(3,4)5)32-24(36)9-7-6-8-14-34/h10-14,17-18,22-23,26,35H,6-9,15-16H2,1-5H3,(H,31,37)(H,32,36)/t18-,22+,23-,26+/m0/s1. The average Bonchev–Trinajstić information content (AvgIpc) is 3.49. The van der Waals surface area contributed by atoms with Gasteiger partial charge in [-0.1, -0.05) is 45.0 Å². The van der Waals surface area contributed by atoms with Gasteiger partial charge in [-0.2, -0.15) is 0 Å². The number of nitrogens with one attached hydrogen (secondary N) is 2. The van der Waals surface area contributed by atoms with E-state index in [1.807, 2.05) is 64.4 Å². The number of aliphatic hydroxyl groups excluding tert-OH is 1. The van der Waals surface area contributed by atoms with Crippen molar-refractivity contribution in [3.05, 3.63) is 41.0 Å². The van der Waals surface area contributed by atoms with Gasteiger partial charge in [0.2, 0.25) is 17.7 Å². The molecule has 1 saturated heterocycles. The van der Waals surface area contributed by atoms with E-state index in [0.29, 0.717) is 19.3 Å². The number of aryl methyl sites for hydroxylation is 1. The van der Waals surface area contributed by atoms with Crippen LogP contribution in [0.25, 0.3) is 10.4 Å². The van der Waals surface area contributed by atoms with Crippen molar-refractivity contribution in [3.63, 3.8) is 0 Å². The van der Waals surface area contributed by atoms with Crippen LogP contribution in [0.15, 0.2) is 29.8 Å². The van der Waals surface area contributed by atoms with Crippen LogP contribution in [0, 0.1) is 12.3 Å². The van der Waals surface area contributed by atoms with Crippen molar-refractivity contribution in [1.82, 2.24) is 20.5 Å². The summed E-state index contributed by atoms with van der Waals surface area (Å²) in [5.74, 6) is -1.01. The summed E-state index contributed by atoms with van der Waals surface area (Å²) in [6.45, 7) is 9.43. The fraction of sp³-hybridized carbons (Fsp3) is 0.552. The van der Waals surface area contributed by atoms with Gasteiger partial charge in [0, 0.05) is 25.8 Å². The molecule has 1 fully saturated rings. The number of nitrogens with zero attached hydrogens (tertiary/aromatic N) is 2. The Morgan fingerprint density at radius 1 is 1.18 bits per heavy atom. The Bertz CT molecular complexity index is 1160. The summed E-state index contributed by atoms with van der Waals surface area (Å²) in [6, 6.07) is 5.92.